The predicted molar refractivity (Wildman–Crippen MR) is 68.3 cm³/mol. The molecule has 0 aliphatic carbocycles. The van der Waals surface area contributed by atoms with Gasteiger partial charge in [-0.2, -0.15) is 0 Å². The van der Waals surface area contributed by atoms with E-state index in [9.17, 15) is 0 Å². The lowest BCUT2D eigenvalue weighted by Crippen LogP contribution is -2.15. The van der Waals surface area contributed by atoms with E-state index >= 15 is 0 Å². The van der Waals surface area contributed by atoms with Gasteiger partial charge >= 0.3 is 0 Å². The van der Waals surface area contributed by atoms with Crippen molar-refractivity contribution < 1.29 is 4.74 Å². The summed E-state index contributed by atoms with van der Waals surface area (Å²) in [6.07, 6.45) is 1.26. The number of rotatable bonds is 6. The van der Waals surface area contributed by atoms with Crippen LogP contribution in [-0.4, -0.2) is 12.6 Å². The normalized spacial score (nSPS) is 13.1. The zero-order chi connectivity index (χ0) is 12.0. The van der Waals surface area contributed by atoms with Gasteiger partial charge in [0.25, 0.3) is 0 Å². The van der Waals surface area contributed by atoms with Gasteiger partial charge in [0.05, 0.1) is 12.7 Å². The Morgan fingerprint density at radius 1 is 1.06 bits per heavy atom. The van der Waals surface area contributed by atoms with Gasteiger partial charge in [-0.1, -0.05) is 38.1 Å². The molecule has 1 aromatic rings. The summed E-state index contributed by atoms with van der Waals surface area (Å²) < 4.78 is 5.76. The Kier molecular flexibility index (Phi) is 5.50. The summed E-state index contributed by atoms with van der Waals surface area (Å²) in [5, 5.41) is 0. The van der Waals surface area contributed by atoms with Gasteiger partial charge < -0.3 is 10.5 Å². The molecular formula is C14H23NO. The minimum atomic E-state index is 0.309. The SMILES string of the molecule is CC(C)C(C)OCc1ccc(CCN)cc1. The first-order chi connectivity index (χ1) is 7.63. The van der Waals surface area contributed by atoms with Crippen LogP contribution in [0, 0.1) is 5.92 Å². The molecule has 90 valence electrons. The Hall–Kier alpha value is -0.860. The molecule has 0 heterocycles. The first-order valence-electron chi connectivity index (χ1n) is 6.03. The molecule has 0 fully saturated rings. The van der Waals surface area contributed by atoms with Gasteiger partial charge in [-0.3, -0.25) is 0 Å². The van der Waals surface area contributed by atoms with Gasteiger partial charge in [-0.15, -0.1) is 0 Å². The molecule has 0 radical (unpaired) electrons. The summed E-state index contributed by atoms with van der Waals surface area (Å²) in [6, 6.07) is 8.51. The van der Waals surface area contributed by atoms with E-state index in [0.29, 0.717) is 25.2 Å². The maximum atomic E-state index is 5.76. The Labute approximate surface area is 98.8 Å². The molecule has 2 heteroatoms. The largest absolute Gasteiger partial charge is 0.374 e. The van der Waals surface area contributed by atoms with Crippen LogP contribution in [0.1, 0.15) is 31.9 Å². The van der Waals surface area contributed by atoms with E-state index < -0.39 is 0 Å². The van der Waals surface area contributed by atoms with Gasteiger partial charge in [0.15, 0.2) is 0 Å². The molecule has 1 rings (SSSR count). The molecule has 2 nitrogen and oxygen atoms in total. The van der Waals surface area contributed by atoms with Crippen molar-refractivity contribution in [2.24, 2.45) is 11.7 Å². The number of ether oxygens (including phenoxy) is 1. The highest BCUT2D eigenvalue weighted by molar-refractivity contribution is 5.22. The van der Waals surface area contributed by atoms with Crippen molar-refractivity contribution in [3.8, 4) is 0 Å². The fraction of sp³-hybridized carbons (Fsp3) is 0.571. The summed E-state index contributed by atoms with van der Waals surface area (Å²) >= 11 is 0. The highest BCUT2D eigenvalue weighted by Gasteiger charge is 2.06. The van der Waals surface area contributed by atoms with Crippen molar-refractivity contribution in [1.29, 1.82) is 0 Å². The average Bonchev–Trinajstić information content (AvgIpc) is 2.28. The van der Waals surface area contributed by atoms with Crippen LogP contribution in [0.5, 0.6) is 0 Å². The molecule has 0 aromatic heterocycles. The lowest BCUT2D eigenvalue weighted by Gasteiger charge is -2.16. The number of benzene rings is 1. The first kappa shape index (κ1) is 13.2. The maximum absolute atomic E-state index is 5.76. The molecule has 1 unspecified atom stereocenters. The number of hydrogen-bond donors (Lipinski definition) is 1. The molecular weight excluding hydrogens is 198 g/mol. The van der Waals surface area contributed by atoms with Crippen LogP contribution in [0.15, 0.2) is 24.3 Å². The second kappa shape index (κ2) is 6.66. The number of hydrogen-bond acceptors (Lipinski definition) is 2. The first-order valence-corrected chi connectivity index (χ1v) is 6.03. The van der Waals surface area contributed by atoms with Crippen LogP contribution in [0.25, 0.3) is 0 Å². The molecule has 0 amide bonds. The molecule has 16 heavy (non-hydrogen) atoms. The second-order valence-electron chi connectivity index (χ2n) is 4.62. The maximum Gasteiger partial charge on any atom is 0.0720 e. The summed E-state index contributed by atoms with van der Waals surface area (Å²) in [4.78, 5) is 0. The Balaban J connectivity index is 2.43. The van der Waals surface area contributed by atoms with E-state index in [1.165, 1.54) is 11.1 Å². The summed E-state index contributed by atoms with van der Waals surface area (Å²) in [7, 11) is 0. The van der Waals surface area contributed by atoms with E-state index in [1.54, 1.807) is 0 Å². The standard InChI is InChI=1S/C14H23NO/c1-11(2)12(3)16-10-14-6-4-13(5-7-14)8-9-15/h4-7,11-12H,8-10,15H2,1-3H3. The quantitative estimate of drug-likeness (QED) is 0.801. The Morgan fingerprint density at radius 3 is 2.12 bits per heavy atom. The molecule has 0 saturated heterocycles. The Bertz CT molecular complexity index is 292. The minimum absolute atomic E-state index is 0.309. The van der Waals surface area contributed by atoms with Crippen molar-refractivity contribution in [1.82, 2.24) is 0 Å². The summed E-state index contributed by atoms with van der Waals surface area (Å²) in [5.74, 6) is 0.566. The third-order valence-corrected chi connectivity index (χ3v) is 2.91. The lowest BCUT2D eigenvalue weighted by atomic mass is 10.1. The average molecular weight is 221 g/mol. The molecule has 0 saturated carbocycles. The van der Waals surface area contributed by atoms with Crippen LogP contribution in [-0.2, 0) is 17.8 Å². The Morgan fingerprint density at radius 2 is 1.62 bits per heavy atom. The topological polar surface area (TPSA) is 35.2 Å². The van der Waals surface area contributed by atoms with E-state index in [0.717, 1.165) is 6.42 Å². The highest BCUT2D eigenvalue weighted by atomic mass is 16.5. The fourth-order valence-electron chi connectivity index (χ4n) is 1.39. The zero-order valence-electron chi connectivity index (χ0n) is 10.6. The molecule has 0 spiro atoms. The fourth-order valence-corrected chi connectivity index (χ4v) is 1.39. The van der Waals surface area contributed by atoms with E-state index in [1.807, 2.05) is 0 Å². The van der Waals surface area contributed by atoms with Crippen molar-refractivity contribution in [3.63, 3.8) is 0 Å². The van der Waals surface area contributed by atoms with Gasteiger partial charge in [-0.05, 0) is 36.9 Å². The van der Waals surface area contributed by atoms with E-state index in [2.05, 4.69) is 45.0 Å². The molecule has 1 aromatic carbocycles. The van der Waals surface area contributed by atoms with Crippen LogP contribution in [0.3, 0.4) is 0 Å². The number of nitrogens with two attached hydrogens (primary N) is 1. The van der Waals surface area contributed by atoms with Gasteiger partial charge in [0.1, 0.15) is 0 Å². The van der Waals surface area contributed by atoms with Gasteiger partial charge in [-0.25, -0.2) is 0 Å². The molecule has 2 N–H and O–H groups in total. The lowest BCUT2D eigenvalue weighted by molar-refractivity contribution is 0.0235. The van der Waals surface area contributed by atoms with Gasteiger partial charge in [0.2, 0.25) is 0 Å². The molecule has 0 bridgehead atoms. The molecule has 0 aliphatic heterocycles. The van der Waals surface area contributed by atoms with Crippen molar-refractivity contribution in [2.45, 2.75) is 39.9 Å². The smallest absolute Gasteiger partial charge is 0.0720 e. The summed E-state index contributed by atoms with van der Waals surface area (Å²) in [6.45, 7) is 7.87. The van der Waals surface area contributed by atoms with Crippen molar-refractivity contribution in [3.05, 3.63) is 35.4 Å². The van der Waals surface area contributed by atoms with Crippen molar-refractivity contribution in [2.75, 3.05) is 6.54 Å². The van der Waals surface area contributed by atoms with E-state index in [-0.39, 0.29) is 0 Å². The third kappa shape index (κ3) is 4.33. The highest BCUT2D eigenvalue weighted by Crippen LogP contribution is 2.11. The molecule has 1 atom stereocenters. The van der Waals surface area contributed by atoms with Crippen molar-refractivity contribution >= 4 is 0 Å². The predicted octanol–water partition coefficient (Wildman–Crippen LogP) is 2.75. The summed E-state index contributed by atoms with van der Waals surface area (Å²) in [5.41, 5.74) is 8.03. The minimum Gasteiger partial charge on any atom is -0.374 e. The van der Waals surface area contributed by atoms with E-state index in [4.69, 9.17) is 10.5 Å². The van der Waals surface area contributed by atoms with Crippen LogP contribution < -0.4 is 5.73 Å². The molecule has 0 aliphatic rings. The van der Waals surface area contributed by atoms with Crippen LogP contribution in [0.4, 0.5) is 0 Å². The second-order valence-corrected chi connectivity index (χ2v) is 4.62. The third-order valence-electron chi connectivity index (χ3n) is 2.91. The van der Waals surface area contributed by atoms with Crippen LogP contribution in [0.2, 0.25) is 0 Å². The zero-order valence-corrected chi connectivity index (χ0v) is 10.6. The van der Waals surface area contributed by atoms with Gasteiger partial charge in [0, 0.05) is 0 Å². The monoisotopic (exact) mass is 221 g/mol. The van der Waals surface area contributed by atoms with Crippen LogP contribution >= 0.6 is 0 Å².